The minimum absolute atomic E-state index is 0.119. The molecule has 0 aliphatic rings. The predicted molar refractivity (Wildman–Crippen MR) is 72.2 cm³/mol. The molecule has 0 aromatic heterocycles. The molecular weight excluding hydrogens is 244 g/mol. The molecule has 1 aromatic rings. The molecule has 0 heterocycles. The molecule has 19 heavy (non-hydrogen) atoms. The summed E-state index contributed by atoms with van der Waals surface area (Å²) in [6.45, 7) is 2.37. The van der Waals surface area contributed by atoms with Gasteiger partial charge in [-0.25, -0.2) is 0 Å². The number of nitrogens with one attached hydrogen (secondary N) is 1. The lowest BCUT2D eigenvalue weighted by molar-refractivity contribution is -0.143. The van der Waals surface area contributed by atoms with E-state index in [4.69, 9.17) is 10.5 Å². The average molecular weight is 264 g/mol. The Morgan fingerprint density at radius 2 is 2.00 bits per heavy atom. The summed E-state index contributed by atoms with van der Waals surface area (Å²) in [5, 5.41) is 2.80. The van der Waals surface area contributed by atoms with Gasteiger partial charge in [-0.05, 0) is 12.5 Å². The van der Waals surface area contributed by atoms with Crippen LogP contribution in [0.25, 0.3) is 0 Å². The summed E-state index contributed by atoms with van der Waals surface area (Å²) in [6.07, 6.45) is 0.361. The molecule has 0 spiro atoms. The van der Waals surface area contributed by atoms with Crippen molar-refractivity contribution in [3.8, 4) is 0 Å². The van der Waals surface area contributed by atoms with Crippen molar-refractivity contribution in [3.05, 3.63) is 35.9 Å². The van der Waals surface area contributed by atoms with Gasteiger partial charge in [-0.2, -0.15) is 0 Å². The third-order valence-electron chi connectivity index (χ3n) is 2.58. The number of carbonyl (C=O) groups is 2. The van der Waals surface area contributed by atoms with Crippen molar-refractivity contribution in [2.75, 3.05) is 13.2 Å². The lowest BCUT2D eigenvalue weighted by Gasteiger charge is -2.18. The van der Waals surface area contributed by atoms with Crippen LogP contribution >= 0.6 is 0 Å². The Morgan fingerprint density at radius 1 is 1.32 bits per heavy atom. The van der Waals surface area contributed by atoms with Gasteiger partial charge in [-0.1, -0.05) is 30.3 Å². The second-order valence-electron chi connectivity index (χ2n) is 4.08. The van der Waals surface area contributed by atoms with Gasteiger partial charge < -0.3 is 15.8 Å². The number of hydrogen-bond donors (Lipinski definition) is 2. The van der Waals surface area contributed by atoms with Crippen LogP contribution in [0.5, 0.6) is 0 Å². The van der Waals surface area contributed by atoms with Gasteiger partial charge in [0.05, 0.1) is 19.1 Å². The maximum atomic E-state index is 11.6. The molecule has 1 aromatic carbocycles. The first kappa shape index (κ1) is 15.2. The van der Waals surface area contributed by atoms with E-state index in [1.807, 2.05) is 30.3 Å². The van der Waals surface area contributed by atoms with Crippen LogP contribution in [-0.2, 0) is 14.3 Å². The van der Waals surface area contributed by atoms with Crippen LogP contribution in [0.3, 0.4) is 0 Å². The van der Waals surface area contributed by atoms with Crippen molar-refractivity contribution in [3.63, 3.8) is 0 Å². The fourth-order valence-corrected chi connectivity index (χ4v) is 1.72. The smallest absolute Gasteiger partial charge is 0.308 e. The predicted octanol–water partition coefficient (Wildman–Crippen LogP) is 1.15. The number of nitrogens with two attached hydrogens (primary N) is 1. The van der Waals surface area contributed by atoms with E-state index in [2.05, 4.69) is 5.32 Å². The molecular formula is C14H20N2O3. The summed E-state index contributed by atoms with van der Waals surface area (Å²) < 4.78 is 4.92. The van der Waals surface area contributed by atoms with Crippen molar-refractivity contribution < 1.29 is 14.3 Å². The Morgan fingerprint density at radius 3 is 2.58 bits per heavy atom. The zero-order valence-electron chi connectivity index (χ0n) is 11.1. The van der Waals surface area contributed by atoms with E-state index in [0.29, 0.717) is 6.61 Å². The molecule has 0 saturated heterocycles. The Hall–Kier alpha value is -1.88. The second-order valence-corrected chi connectivity index (χ2v) is 4.08. The minimum atomic E-state index is -0.376. The third kappa shape index (κ3) is 5.52. The van der Waals surface area contributed by atoms with Gasteiger partial charge in [0, 0.05) is 13.0 Å². The lowest BCUT2D eigenvalue weighted by Crippen LogP contribution is -2.31. The zero-order chi connectivity index (χ0) is 14.1. The molecule has 104 valence electrons. The van der Waals surface area contributed by atoms with Crippen LogP contribution in [0.2, 0.25) is 0 Å². The van der Waals surface area contributed by atoms with Crippen molar-refractivity contribution >= 4 is 11.9 Å². The number of hydrogen-bond acceptors (Lipinski definition) is 4. The Bertz CT molecular complexity index is 386. The van der Waals surface area contributed by atoms with Gasteiger partial charge in [-0.15, -0.1) is 0 Å². The Balaban J connectivity index is 2.73. The average Bonchev–Trinajstić information content (AvgIpc) is 2.39. The van der Waals surface area contributed by atoms with Crippen molar-refractivity contribution in [2.45, 2.75) is 25.8 Å². The zero-order valence-corrected chi connectivity index (χ0v) is 11.1. The highest BCUT2D eigenvalue weighted by Crippen LogP contribution is 2.17. The van der Waals surface area contributed by atoms with Crippen LogP contribution in [0.1, 0.15) is 31.4 Å². The van der Waals surface area contributed by atoms with Gasteiger partial charge in [-0.3, -0.25) is 9.59 Å². The molecule has 0 aliphatic carbocycles. The van der Waals surface area contributed by atoms with Gasteiger partial charge in [0.25, 0.3) is 0 Å². The van der Waals surface area contributed by atoms with Crippen LogP contribution in [0, 0.1) is 0 Å². The second kappa shape index (κ2) is 8.26. The summed E-state index contributed by atoms with van der Waals surface area (Å²) in [5.74, 6) is -0.495. The topological polar surface area (TPSA) is 81.4 Å². The minimum Gasteiger partial charge on any atom is -0.466 e. The molecule has 5 heteroatoms. The van der Waals surface area contributed by atoms with E-state index < -0.39 is 0 Å². The molecule has 0 fully saturated rings. The maximum absolute atomic E-state index is 11.6. The number of amides is 1. The number of carbonyl (C=O) groups excluding carboxylic acids is 2. The Kier molecular flexibility index (Phi) is 6.60. The first-order valence-corrected chi connectivity index (χ1v) is 6.37. The lowest BCUT2D eigenvalue weighted by atomic mass is 10.0. The summed E-state index contributed by atoms with van der Waals surface area (Å²) in [4.78, 5) is 23.2. The largest absolute Gasteiger partial charge is 0.466 e. The van der Waals surface area contributed by atoms with E-state index in [-0.39, 0.29) is 37.3 Å². The number of esters is 1. The highest BCUT2D eigenvalue weighted by molar-refractivity contribution is 5.78. The standard InChI is InChI=1S/C14H20N2O3/c1-2-19-14(18)10-12(16-13(17)8-9-15)11-6-4-3-5-7-11/h3-7,12H,2,8-10,15H2,1H3,(H,16,17). The van der Waals surface area contributed by atoms with Gasteiger partial charge in [0.15, 0.2) is 0 Å². The van der Waals surface area contributed by atoms with E-state index in [9.17, 15) is 9.59 Å². The molecule has 1 atom stereocenters. The number of rotatable bonds is 7. The van der Waals surface area contributed by atoms with Crippen LogP contribution < -0.4 is 11.1 Å². The van der Waals surface area contributed by atoms with Gasteiger partial charge in [0.2, 0.25) is 5.91 Å². The molecule has 0 aliphatic heterocycles. The van der Waals surface area contributed by atoms with Crippen LogP contribution in [-0.4, -0.2) is 25.0 Å². The number of ether oxygens (including phenoxy) is 1. The fourth-order valence-electron chi connectivity index (χ4n) is 1.72. The van der Waals surface area contributed by atoms with Crippen LogP contribution in [0.15, 0.2) is 30.3 Å². The fraction of sp³-hybridized carbons (Fsp3) is 0.429. The van der Waals surface area contributed by atoms with E-state index in [0.717, 1.165) is 5.56 Å². The number of benzene rings is 1. The van der Waals surface area contributed by atoms with Gasteiger partial charge in [0.1, 0.15) is 0 Å². The molecule has 1 unspecified atom stereocenters. The molecule has 3 N–H and O–H groups in total. The summed E-state index contributed by atoms with van der Waals surface area (Å²) in [5.41, 5.74) is 6.22. The molecule has 0 saturated carbocycles. The normalized spacial score (nSPS) is 11.7. The first-order valence-electron chi connectivity index (χ1n) is 6.37. The highest BCUT2D eigenvalue weighted by atomic mass is 16.5. The molecule has 0 bridgehead atoms. The van der Waals surface area contributed by atoms with Crippen molar-refractivity contribution in [1.82, 2.24) is 5.32 Å². The van der Waals surface area contributed by atoms with Crippen molar-refractivity contribution in [2.24, 2.45) is 5.73 Å². The monoisotopic (exact) mass is 264 g/mol. The van der Waals surface area contributed by atoms with Crippen molar-refractivity contribution in [1.29, 1.82) is 0 Å². The molecule has 0 radical (unpaired) electrons. The maximum Gasteiger partial charge on any atom is 0.308 e. The molecule has 5 nitrogen and oxygen atoms in total. The van der Waals surface area contributed by atoms with E-state index >= 15 is 0 Å². The first-order chi connectivity index (χ1) is 9.17. The SMILES string of the molecule is CCOC(=O)CC(NC(=O)CCN)c1ccccc1. The van der Waals surface area contributed by atoms with Gasteiger partial charge >= 0.3 is 5.97 Å². The molecule has 1 rings (SSSR count). The summed E-state index contributed by atoms with van der Waals surface area (Å²) in [7, 11) is 0. The van der Waals surface area contributed by atoms with E-state index in [1.165, 1.54) is 0 Å². The van der Waals surface area contributed by atoms with Crippen LogP contribution in [0.4, 0.5) is 0 Å². The highest BCUT2D eigenvalue weighted by Gasteiger charge is 2.18. The quantitative estimate of drug-likeness (QED) is 0.724. The Labute approximate surface area is 113 Å². The summed E-state index contributed by atoms with van der Waals surface area (Å²) >= 11 is 0. The van der Waals surface area contributed by atoms with E-state index in [1.54, 1.807) is 6.92 Å². The molecule has 1 amide bonds. The summed E-state index contributed by atoms with van der Waals surface area (Å²) in [6, 6.07) is 8.97. The third-order valence-corrected chi connectivity index (χ3v) is 2.58.